The van der Waals surface area contributed by atoms with Gasteiger partial charge in [-0.15, -0.1) is 0 Å². The van der Waals surface area contributed by atoms with E-state index < -0.39 is 0 Å². The van der Waals surface area contributed by atoms with Crippen LogP contribution >= 0.6 is 0 Å². The van der Waals surface area contributed by atoms with Gasteiger partial charge in [-0.25, -0.2) is 0 Å². The Labute approximate surface area is 102 Å². The summed E-state index contributed by atoms with van der Waals surface area (Å²) in [5.74, 6) is 1.40. The van der Waals surface area contributed by atoms with Crippen molar-refractivity contribution in [2.24, 2.45) is 5.92 Å². The van der Waals surface area contributed by atoms with Crippen LogP contribution in [0.2, 0.25) is 0 Å². The number of fused-ring (bicyclic) bond motifs is 5. The van der Waals surface area contributed by atoms with Crippen molar-refractivity contribution < 1.29 is 4.52 Å². The molecular formula is C14H20N2O. The summed E-state index contributed by atoms with van der Waals surface area (Å²) in [5.41, 5.74) is 3.10. The predicted molar refractivity (Wildman–Crippen MR) is 64.9 cm³/mol. The van der Waals surface area contributed by atoms with Crippen molar-refractivity contribution in [3.05, 3.63) is 17.5 Å². The summed E-state index contributed by atoms with van der Waals surface area (Å²) in [5, 5.41) is 4.26. The standard InChI is InChI=1S/C14H20N2O/c1-9(2)14-4-3-5-16(14)12-6-10-8-17-15-13(10)11(12)7-14/h8-9,11-12H,3-7H2,1-2H3. The van der Waals surface area contributed by atoms with E-state index in [1.165, 1.54) is 37.1 Å². The molecule has 92 valence electrons. The number of hydrogen-bond acceptors (Lipinski definition) is 3. The molecule has 3 aliphatic rings. The van der Waals surface area contributed by atoms with E-state index in [4.69, 9.17) is 4.52 Å². The molecule has 4 rings (SSSR count). The van der Waals surface area contributed by atoms with Gasteiger partial charge in [0.05, 0.1) is 5.69 Å². The lowest BCUT2D eigenvalue weighted by Crippen LogP contribution is -2.46. The van der Waals surface area contributed by atoms with Crippen molar-refractivity contribution in [2.45, 2.75) is 57.0 Å². The third-order valence-electron chi connectivity index (χ3n) is 5.55. The Morgan fingerprint density at radius 2 is 2.41 bits per heavy atom. The van der Waals surface area contributed by atoms with Crippen LogP contribution in [0.4, 0.5) is 0 Å². The fourth-order valence-corrected chi connectivity index (χ4v) is 4.71. The lowest BCUT2D eigenvalue weighted by molar-refractivity contribution is 0.103. The average molecular weight is 232 g/mol. The van der Waals surface area contributed by atoms with Gasteiger partial charge in [0, 0.05) is 23.1 Å². The topological polar surface area (TPSA) is 29.3 Å². The summed E-state index contributed by atoms with van der Waals surface area (Å²) in [6, 6.07) is 0.716. The predicted octanol–water partition coefficient (Wildman–Crippen LogP) is 2.58. The maximum Gasteiger partial charge on any atom is 0.127 e. The molecule has 2 saturated heterocycles. The van der Waals surface area contributed by atoms with Crippen LogP contribution in [0, 0.1) is 5.92 Å². The molecule has 3 heterocycles. The molecule has 3 unspecified atom stereocenters. The van der Waals surface area contributed by atoms with Gasteiger partial charge in [0.1, 0.15) is 6.26 Å². The summed E-state index contributed by atoms with van der Waals surface area (Å²) in [7, 11) is 0. The Balaban J connectivity index is 1.76. The van der Waals surface area contributed by atoms with E-state index in [9.17, 15) is 0 Å². The van der Waals surface area contributed by atoms with E-state index in [1.807, 2.05) is 6.26 Å². The zero-order valence-electron chi connectivity index (χ0n) is 10.6. The molecule has 2 fully saturated rings. The zero-order valence-corrected chi connectivity index (χ0v) is 10.6. The highest BCUT2D eigenvalue weighted by Gasteiger charge is 2.58. The lowest BCUT2D eigenvalue weighted by atomic mass is 9.80. The van der Waals surface area contributed by atoms with Crippen LogP contribution in [0.15, 0.2) is 10.8 Å². The molecule has 1 aromatic rings. The highest BCUT2D eigenvalue weighted by molar-refractivity contribution is 5.34. The Kier molecular flexibility index (Phi) is 1.87. The van der Waals surface area contributed by atoms with Gasteiger partial charge in [-0.2, -0.15) is 0 Å². The summed E-state index contributed by atoms with van der Waals surface area (Å²) in [6.07, 6.45) is 7.09. The van der Waals surface area contributed by atoms with Crippen LogP contribution in [0.5, 0.6) is 0 Å². The van der Waals surface area contributed by atoms with Crippen molar-refractivity contribution >= 4 is 0 Å². The molecular weight excluding hydrogens is 212 g/mol. The van der Waals surface area contributed by atoms with E-state index in [0.717, 1.165) is 12.3 Å². The summed E-state index contributed by atoms with van der Waals surface area (Å²) >= 11 is 0. The number of nitrogens with zero attached hydrogens (tertiary/aromatic N) is 2. The number of aromatic nitrogens is 1. The van der Waals surface area contributed by atoms with Crippen LogP contribution in [-0.4, -0.2) is 28.2 Å². The minimum Gasteiger partial charge on any atom is -0.364 e. The number of hydrogen-bond donors (Lipinski definition) is 0. The van der Waals surface area contributed by atoms with Crippen molar-refractivity contribution in [1.29, 1.82) is 0 Å². The molecule has 1 aliphatic carbocycles. The fourth-order valence-electron chi connectivity index (χ4n) is 4.71. The van der Waals surface area contributed by atoms with Gasteiger partial charge < -0.3 is 4.52 Å². The highest BCUT2D eigenvalue weighted by Crippen LogP contribution is 2.56. The Bertz CT molecular complexity index is 453. The highest BCUT2D eigenvalue weighted by atomic mass is 16.5. The van der Waals surface area contributed by atoms with Crippen LogP contribution in [0.25, 0.3) is 0 Å². The molecule has 0 amide bonds. The quantitative estimate of drug-likeness (QED) is 0.745. The molecule has 17 heavy (non-hydrogen) atoms. The summed E-state index contributed by atoms with van der Waals surface area (Å²) in [4.78, 5) is 2.81. The van der Waals surface area contributed by atoms with Gasteiger partial charge in [-0.05, 0) is 38.1 Å². The van der Waals surface area contributed by atoms with E-state index in [2.05, 4.69) is 23.9 Å². The first-order chi connectivity index (χ1) is 8.22. The van der Waals surface area contributed by atoms with Crippen LogP contribution in [-0.2, 0) is 6.42 Å². The molecule has 3 heteroatoms. The van der Waals surface area contributed by atoms with Gasteiger partial charge in [0.2, 0.25) is 0 Å². The average Bonchev–Trinajstić information content (AvgIpc) is 2.94. The molecule has 0 N–H and O–H groups in total. The molecule has 0 saturated carbocycles. The zero-order chi connectivity index (χ0) is 11.6. The van der Waals surface area contributed by atoms with Gasteiger partial charge in [-0.1, -0.05) is 19.0 Å². The van der Waals surface area contributed by atoms with Gasteiger partial charge in [0.25, 0.3) is 0 Å². The molecule has 3 nitrogen and oxygen atoms in total. The van der Waals surface area contributed by atoms with E-state index >= 15 is 0 Å². The van der Waals surface area contributed by atoms with Crippen molar-refractivity contribution in [3.8, 4) is 0 Å². The third kappa shape index (κ3) is 1.09. The molecule has 0 bridgehead atoms. The lowest BCUT2D eigenvalue weighted by Gasteiger charge is -2.38. The number of rotatable bonds is 1. The van der Waals surface area contributed by atoms with Gasteiger partial charge >= 0.3 is 0 Å². The minimum atomic E-state index is 0.464. The molecule has 0 spiro atoms. The van der Waals surface area contributed by atoms with Gasteiger partial charge in [-0.3, -0.25) is 4.90 Å². The van der Waals surface area contributed by atoms with Crippen molar-refractivity contribution in [3.63, 3.8) is 0 Å². The van der Waals surface area contributed by atoms with E-state index in [0.29, 0.717) is 17.5 Å². The van der Waals surface area contributed by atoms with Gasteiger partial charge in [0.15, 0.2) is 0 Å². The largest absolute Gasteiger partial charge is 0.364 e. The summed E-state index contributed by atoms with van der Waals surface area (Å²) in [6.45, 7) is 6.08. The summed E-state index contributed by atoms with van der Waals surface area (Å²) < 4.78 is 5.14. The second kappa shape index (κ2) is 3.14. The Morgan fingerprint density at radius 1 is 1.53 bits per heavy atom. The second-order valence-corrected chi connectivity index (χ2v) is 6.36. The normalized spacial score (nSPS) is 39.7. The Hall–Kier alpha value is -0.830. The van der Waals surface area contributed by atoms with Crippen molar-refractivity contribution in [2.75, 3.05) is 6.54 Å². The molecule has 2 aliphatic heterocycles. The SMILES string of the molecule is CC(C)C12CCCN1C1Cc3conc3C1C2. The fraction of sp³-hybridized carbons (Fsp3) is 0.786. The first kappa shape index (κ1) is 10.1. The minimum absolute atomic E-state index is 0.464. The third-order valence-corrected chi connectivity index (χ3v) is 5.55. The maximum absolute atomic E-state index is 5.14. The first-order valence-corrected chi connectivity index (χ1v) is 6.92. The Morgan fingerprint density at radius 3 is 3.24 bits per heavy atom. The van der Waals surface area contributed by atoms with Crippen molar-refractivity contribution in [1.82, 2.24) is 10.1 Å². The monoisotopic (exact) mass is 232 g/mol. The van der Waals surface area contributed by atoms with E-state index in [1.54, 1.807) is 0 Å². The smallest absolute Gasteiger partial charge is 0.127 e. The van der Waals surface area contributed by atoms with E-state index in [-0.39, 0.29) is 0 Å². The van der Waals surface area contributed by atoms with Crippen LogP contribution < -0.4 is 0 Å². The molecule has 3 atom stereocenters. The van der Waals surface area contributed by atoms with Crippen LogP contribution in [0.1, 0.15) is 50.3 Å². The van der Waals surface area contributed by atoms with Crippen LogP contribution in [0.3, 0.4) is 0 Å². The molecule has 0 aromatic carbocycles. The second-order valence-electron chi connectivity index (χ2n) is 6.36. The molecule has 1 aromatic heterocycles. The molecule has 0 radical (unpaired) electrons. The first-order valence-electron chi connectivity index (χ1n) is 6.92. The maximum atomic E-state index is 5.14.